The Labute approximate surface area is 136 Å². The predicted octanol–water partition coefficient (Wildman–Crippen LogP) is 3.86. The van der Waals surface area contributed by atoms with Crippen molar-refractivity contribution >= 4 is 11.2 Å². The molecule has 0 aliphatic rings. The summed E-state index contributed by atoms with van der Waals surface area (Å²) in [6, 6.07) is 12.0. The van der Waals surface area contributed by atoms with E-state index in [1.807, 2.05) is 0 Å². The Balaban J connectivity index is 1.93. The Morgan fingerprint density at radius 3 is 2.62 bits per heavy atom. The normalized spacial score (nSPS) is 13.0. The molecule has 2 aromatic carbocycles. The fourth-order valence-corrected chi connectivity index (χ4v) is 2.94. The first-order chi connectivity index (χ1) is 11.3. The van der Waals surface area contributed by atoms with Gasteiger partial charge in [-0.1, -0.05) is 17.3 Å². The molecule has 9 heteroatoms. The zero-order valence-electron chi connectivity index (χ0n) is 11.7. The van der Waals surface area contributed by atoms with Crippen molar-refractivity contribution in [1.29, 1.82) is 0 Å². The molecule has 24 heavy (non-hydrogen) atoms. The number of halogens is 4. The second-order valence-electron chi connectivity index (χ2n) is 4.59. The average molecular weight is 355 g/mol. The van der Waals surface area contributed by atoms with Crippen molar-refractivity contribution in [3.05, 3.63) is 60.2 Å². The minimum absolute atomic E-state index is 0.149. The molecule has 0 spiro atoms. The Bertz CT molecular complexity index is 866. The van der Waals surface area contributed by atoms with Crippen molar-refractivity contribution in [2.45, 2.75) is 16.0 Å². The van der Waals surface area contributed by atoms with Crippen LogP contribution >= 0.6 is 0 Å². The molecule has 0 bridgehead atoms. The molecule has 123 valence electrons. The van der Waals surface area contributed by atoms with Gasteiger partial charge in [0.05, 0.1) is 0 Å². The van der Waals surface area contributed by atoms with Crippen LogP contribution in [0.25, 0.3) is 11.4 Å². The standard InChI is InChI=1S/C15H7F4N2O2S/c16-10-4-2-6-12(8-10)24(22)11-5-1-3-9(7-11)13-20-14(23-21-13)15(17,18)19/h1-4,6-8H. The molecule has 1 heterocycles. The van der Waals surface area contributed by atoms with E-state index in [0.717, 1.165) is 6.07 Å². The molecule has 0 saturated heterocycles. The number of aromatic nitrogens is 2. The van der Waals surface area contributed by atoms with E-state index in [-0.39, 0.29) is 21.2 Å². The molecular formula is C15H7F4N2O2S. The topological polar surface area (TPSA) is 62.0 Å². The maximum Gasteiger partial charge on any atom is 0.471 e. The maximum absolute atomic E-state index is 13.2. The summed E-state index contributed by atoms with van der Waals surface area (Å²) in [5.74, 6) is -2.32. The summed E-state index contributed by atoms with van der Waals surface area (Å²) in [5, 5.41) is 3.26. The van der Waals surface area contributed by atoms with E-state index in [0.29, 0.717) is 0 Å². The molecule has 0 saturated carbocycles. The van der Waals surface area contributed by atoms with Gasteiger partial charge in [0.15, 0.2) is 9.79 Å². The van der Waals surface area contributed by atoms with Crippen molar-refractivity contribution in [3.8, 4) is 11.4 Å². The first kappa shape index (κ1) is 16.5. The first-order valence-corrected chi connectivity index (χ1v) is 7.60. The monoisotopic (exact) mass is 355 g/mol. The van der Waals surface area contributed by atoms with Crippen LogP contribution in [0.15, 0.2) is 56.8 Å². The summed E-state index contributed by atoms with van der Waals surface area (Å²) in [7, 11) is 0. The van der Waals surface area contributed by atoms with Gasteiger partial charge in [0.25, 0.3) is 0 Å². The van der Waals surface area contributed by atoms with Crippen molar-refractivity contribution < 1.29 is 26.6 Å². The van der Waals surface area contributed by atoms with Crippen LogP contribution in [0.2, 0.25) is 0 Å². The molecule has 4 nitrogen and oxygen atoms in total. The van der Waals surface area contributed by atoms with E-state index >= 15 is 0 Å². The molecule has 0 amide bonds. The lowest BCUT2D eigenvalue weighted by Crippen LogP contribution is -2.05. The van der Waals surface area contributed by atoms with Gasteiger partial charge >= 0.3 is 12.1 Å². The Kier molecular flexibility index (Phi) is 4.29. The van der Waals surface area contributed by atoms with E-state index in [1.54, 1.807) is 0 Å². The smallest absolute Gasteiger partial charge is 0.471 e. The SMILES string of the molecule is [O-][S+](c1[c]ccc(-c2noc(C(F)(F)F)n2)c1)c1cccc(F)c1. The Morgan fingerprint density at radius 1 is 1.17 bits per heavy atom. The minimum atomic E-state index is -4.75. The molecule has 1 unspecified atom stereocenters. The van der Waals surface area contributed by atoms with Gasteiger partial charge in [-0.15, -0.1) is 0 Å². The summed E-state index contributed by atoms with van der Waals surface area (Å²) >= 11 is -1.76. The van der Waals surface area contributed by atoms with E-state index in [9.17, 15) is 22.1 Å². The number of rotatable bonds is 3. The molecular weight excluding hydrogens is 348 g/mol. The second-order valence-corrected chi connectivity index (χ2v) is 6.04. The molecule has 0 fully saturated rings. The van der Waals surface area contributed by atoms with Crippen molar-refractivity contribution in [2.24, 2.45) is 0 Å². The Morgan fingerprint density at radius 2 is 1.96 bits per heavy atom. The van der Waals surface area contributed by atoms with Gasteiger partial charge < -0.3 is 9.08 Å². The number of hydrogen-bond donors (Lipinski definition) is 0. The molecule has 0 N–H and O–H groups in total. The minimum Gasteiger partial charge on any atom is -0.606 e. The molecule has 3 rings (SSSR count). The highest BCUT2D eigenvalue weighted by Gasteiger charge is 2.38. The molecule has 1 radical (unpaired) electrons. The van der Waals surface area contributed by atoms with Crippen LogP contribution in [0, 0.1) is 11.9 Å². The van der Waals surface area contributed by atoms with E-state index in [2.05, 4.69) is 20.7 Å². The fourth-order valence-electron chi connectivity index (χ4n) is 1.86. The summed E-state index contributed by atoms with van der Waals surface area (Å²) in [6.45, 7) is 0. The van der Waals surface area contributed by atoms with Crippen LogP contribution in [0.3, 0.4) is 0 Å². The van der Waals surface area contributed by atoms with Gasteiger partial charge in [-0.3, -0.25) is 0 Å². The molecule has 0 aliphatic carbocycles. The average Bonchev–Trinajstić information content (AvgIpc) is 3.04. The summed E-state index contributed by atoms with van der Waals surface area (Å²) in [4.78, 5) is 3.61. The molecule has 3 aromatic rings. The van der Waals surface area contributed by atoms with Crippen LogP contribution in [0.4, 0.5) is 17.6 Å². The highest BCUT2D eigenvalue weighted by Crippen LogP contribution is 2.30. The van der Waals surface area contributed by atoms with Gasteiger partial charge in [0, 0.05) is 34.9 Å². The van der Waals surface area contributed by atoms with Crippen molar-refractivity contribution in [2.75, 3.05) is 0 Å². The van der Waals surface area contributed by atoms with Crippen LogP contribution in [0.5, 0.6) is 0 Å². The Hall–Kier alpha value is -2.39. The maximum atomic E-state index is 13.2. The van der Waals surface area contributed by atoms with Gasteiger partial charge in [0.1, 0.15) is 5.82 Å². The third-order valence-electron chi connectivity index (χ3n) is 2.91. The molecule has 1 atom stereocenters. The van der Waals surface area contributed by atoms with Gasteiger partial charge in [0.2, 0.25) is 5.82 Å². The zero-order chi connectivity index (χ0) is 17.3. The summed E-state index contributed by atoms with van der Waals surface area (Å²) in [5.41, 5.74) is 0.174. The molecule has 1 aromatic heterocycles. The predicted molar refractivity (Wildman–Crippen MR) is 74.6 cm³/mol. The highest BCUT2D eigenvalue weighted by atomic mass is 32.2. The molecule has 0 aliphatic heterocycles. The lowest BCUT2D eigenvalue weighted by atomic mass is 10.2. The lowest BCUT2D eigenvalue weighted by Gasteiger charge is -2.09. The second kappa shape index (κ2) is 6.25. The van der Waals surface area contributed by atoms with Crippen LogP contribution in [-0.4, -0.2) is 14.7 Å². The van der Waals surface area contributed by atoms with Gasteiger partial charge in [-0.05, 0) is 18.2 Å². The lowest BCUT2D eigenvalue weighted by molar-refractivity contribution is -0.159. The van der Waals surface area contributed by atoms with Crippen molar-refractivity contribution in [1.82, 2.24) is 10.1 Å². The third-order valence-corrected chi connectivity index (χ3v) is 4.23. The zero-order valence-corrected chi connectivity index (χ0v) is 12.5. The first-order valence-electron chi connectivity index (χ1n) is 6.45. The van der Waals surface area contributed by atoms with Gasteiger partial charge in [-0.25, -0.2) is 4.39 Å². The third kappa shape index (κ3) is 3.41. The van der Waals surface area contributed by atoms with Gasteiger partial charge in [-0.2, -0.15) is 18.2 Å². The fraction of sp³-hybridized carbons (Fsp3) is 0.0667. The number of alkyl halides is 3. The van der Waals surface area contributed by atoms with E-state index in [4.69, 9.17) is 0 Å². The summed E-state index contributed by atoms with van der Waals surface area (Å²) < 4.78 is 67.3. The van der Waals surface area contributed by atoms with E-state index in [1.165, 1.54) is 36.4 Å². The van der Waals surface area contributed by atoms with Crippen LogP contribution in [-0.2, 0) is 17.4 Å². The van der Waals surface area contributed by atoms with E-state index < -0.39 is 29.1 Å². The number of nitrogens with zero attached hydrogens (tertiary/aromatic N) is 2. The number of hydrogen-bond acceptors (Lipinski definition) is 4. The summed E-state index contributed by atoms with van der Waals surface area (Å²) in [6.07, 6.45) is -4.75. The largest absolute Gasteiger partial charge is 0.606 e. The number of benzene rings is 2. The van der Waals surface area contributed by atoms with Crippen LogP contribution in [0.1, 0.15) is 5.89 Å². The highest BCUT2D eigenvalue weighted by molar-refractivity contribution is 7.91. The van der Waals surface area contributed by atoms with Crippen molar-refractivity contribution in [3.63, 3.8) is 0 Å². The quantitative estimate of drug-likeness (QED) is 0.529. The van der Waals surface area contributed by atoms with Crippen LogP contribution < -0.4 is 0 Å².